The van der Waals surface area contributed by atoms with E-state index in [0.29, 0.717) is 6.04 Å². The van der Waals surface area contributed by atoms with Crippen molar-refractivity contribution in [2.45, 2.75) is 39.2 Å². The molecule has 0 aromatic heterocycles. The van der Waals surface area contributed by atoms with Crippen LogP contribution in [0.25, 0.3) is 0 Å². The number of benzene rings is 2. The number of nitrogens with one attached hydrogen (secondary N) is 1. The summed E-state index contributed by atoms with van der Waals surface area (Å²) in [4.78, 5) is 0. The first-order valence-electron chi connectivity index (χ1n) is 7.25. The lowest BCUT2D eigenvalue weighted by molar-refractivity contribution is 0.618. The Morgan fingerprint density at radius 1 is 1.15 bits per heavy atom. The minimum Gasteiger partial charge on any atom is -0.382 e. The molecule has 2 aromatic carbocycles. The van der Waals surface area contributed by atoms with Crippen molar-refractivity contribution in [1.29, 1.82) is 0 Å². The van der Waals surface area contributed by atoms with Gasteiger partial charge in [0, 0.05) is 11.7 Å². The third-order valence-corrected chi connectivity index (χ3v) is 4.05. The maximum atomic E-state index is 13.3. The molecule has 0 amide bonds. The normalized spacial score (nSPS) is 17.4. The molecule has 2 heteroatoms. The zero-order valence-electron chi connectivity index (χ0n) is 12.0. The first-order valence-corrected chi connectivity index (χ1v) is 7.25. The molecule has 0 fully saturated rings. The predicted octanol–water partition coefficient (Wildman–Crippen LogP) is 4.47. The van der Waals surface area contributed by atoms with Crippen LogP contribution in [-0.2, 0) is 12.8 Å². The van der Waals surface area contributed by atoms with Crippen molar-refractivity contribution < 1.29 is 4.39 Å². The first-order chi connectivity index (χ1) is 9.61. The van der Waals surface area contributed by atoms with E-state index in [1.54, 1.807) is 6.07 Å². The lowest BCUT2D eigenvalue weighted by Crippen LogP contribution is -2.21. The first kappa shape index (κ1) is 13.2. The maximum absolute atomic E-state index is 13.3. The van der Waals surface area contributed by atoms with Crippen LogP contribution in [0.15, 0.2) is 36.4 Å². The van der Waals surface area contributed by atoms with Gasteiger partial charge in [0.25, 0.3) is 0 Å². The second-order valence-corrected chi connectivity index (χ2v) is 5.84. The molecule has 2 aromatic rings. The Bertz CT molecular complexity index is 633. The number of halogens is 1. The summed E-state index contributed by atoms with van der Waals surface area (Å²) in [5, 5.41) is 3.52. The molecule has 1 aliphatic heterocycles. The van der Waals surface area contributed by atoms with Crippen molar-refractivity contribution in [1.82, 2.24) is 0 Å². The minimum absolute atomic E-state index is 0.127. The molecule has 0 bridgehead atoms. The maximum Gasteiger partial charge on any atom is 0.126 e. The molecule has 3 rings (SSSR count). The fourth-order valence-electron chi connectivity index (χ4n) is 2.87. The number of hydrogen-bond donors (Lipinski definition) is 1. The molecule has 0 saturated heterocycles. The van der Waals surface area contributed by atoms with E-state index in [1.807, 2.05) is 19.1 Å². The van der Waals surface area contributed by atoms with Gasteiger partial charge in [0.1, 0.15) is 5.82 Å². The Hall–Kier alpha value is -1.83. The molecule has 20 heavy (non-hydrogen) atoms. The van der Waals surface area contributed by atoms with Gasteiger partial charge >= 0.3 is 0 Å². The number of fused-ring (bicyclic) bond motifs is 1. The van der Waals surface area contributed by atoms with E-state index in [-0.39, 0.29) is 5.82 Å². The highest BCUT2D eigenvalue weighted by Gasteiger charge is 2.14. The van der Waals surface area contributed by atoms with Crippen LogP contribution in [0.1, 0.15) is 35.6 Å². The molecule has 0 aliphatic carbocycles. The molecule has 1 aliphatic rings. The van der Waals surface area contributed by atoms with Crippen LogP contribution in [0.3, 0.4) is 0 Å². The van der Waals surface area contributed by atoms with E-state index in [0.717, 1.165) is 18.4 Å². The van der Waals surface area contributed by atoms with Gasteiger partial charge in [0.05, 0.1) is 0 Å². The van der Waals surface area contributed by atoms with Gasteiger partial charge in [0.2, 0.25) is 0 Å². The summed E-state index contributed by atoms with van der Waals surface area (Å²) in [5.41, 5.74) is 5.85. The van der Waals surface area contributed by atoms with Crippen molar-refractivity contribution in [3.05, 3.63) is 64.5 Å². The lowest BCUT2D eigenvalue weighted by atomic mass is 9.95. The van der Waals surface area contributed by atoms with Crippen LogP contribution in [0.5, 0.6) is 0 Å². The van der Waals surface area contributed by atoms with Gasteiger partial charge in [-0.15, -0.1) is 0 Å². The Labute approximate surface area is 119 Å². The van der Waals surface area contributed by atoms with E-state index in [2.05, 4.69) is 30.4 Å². The monoisotopic (exact) mass is 269 g/mol. The lowest BCUT2D eigenvalue weighted by Gasteiger charge is -2.24. The largest absolute Gasteiger partial charge is 0.382 e. The summed E-state index contributed by atoms with van der Waals surface area (Å²) in [5.74, 6) is -0.127. The quantitative estimate of drug-likeness (QED) is 0.848. The Morgan fingerprint density at radius 2 is 1.90 bits per heavy atom. The van der Waals surface area contributed by atoms with Gasteiger partial charge in [-0.25, -0.2) is 4.39 Å². The van der Waals surface area contributed by atoms with Crippen molar-refractivity contribution in [3.63, 3.8) is 0 Å². The highest BCUT2D eigenvalue weighted by molar-refractivity contribution is 5.55. The Balaban J connectivity index is 1.83. The van der Waals surface area contributed by atoms with Crippen LogP contribution < -0.4 is 5.32 Å². The van der Waals surface area contributed by atoms with Crippen LogP contribution in [0.4, 0.5) is 10.1 Å². The van der Waals surface area contributed by atoms with Gasteiger partial charge in [-0.2, -0.15) is 0 Å². The third kappa shape index (κ3) is 2.69. The molecular weight excluding hydrogens is 249 g/mol. The highest BCUT2D eigenvalue weighted by atomic mass is 19.1. The third-order valence-electron chi connectivity index (χ3n) is 4.05. The summed E-state index contributed by atoms with van der Waals surface area (Å²) in [6, 6.07) is 12.6. The zero-order chi connectivity index (χ0) is 14.1. The van der Waals surface area contributed by atoms with E-state index in [1.165, 1.54) is 28.8 Å². The van der Waals surface area contributed by atoms with E-state index < -0.39 is 0 Å². The molecule has 1 atom stereocenters. The molecule has 1 heterocycles. The summed E-state index contributed by atoms with van der Waals surface area (Å²) in [7, 11) is 0. The summed E-state index contributed by atoms with van der Waals surface area (Å²) in [6.45, 7) is 4.04. The molecule has 0 spiro atoms. The number of hydrogen-bond acceptors (Lipinski definition) is 1. The van der Waals surface area contributed by atoms with E-state index in [4.69, 9.17) is 0 Å². The average Bonchev–Trinajstić information content (AvgIpc) is 2.43. The predicted molar refractivity (Wildman–Crippen MR) is 81.8 cm³/mol. The molecule has 0 radical (unpaired) electrons. The van der Waals surface area contributed by atoms with Crippen molar-refractivity contribution in [3.8, 4) is 0 Å². The van der Waals surface area contributed by atoms with Crippen molar-refractivity contribution in [2.24, 2.45) is 0 Å². The second-order valence-electron chi connectivity index (χ2n) is 5.84. The highest BCUT2D eigenvalue weighted by Crippen LogP contribution is 2.26. The van der Waals surface area contributed by atoms with Crippen LogP contribution >= 0.6 is 0 Å². The Kier molecular flexibility index (Phi) is 3.47. The number of anilines is 1. The topological polar surface area (TPSA) is 12.0 Å². The van der Waals surface area contributed by atoms with Gasteiger partial charge in [0.15, 0.2) is 0 Å². The standard InChI is InChI=1S/C18H20FN/c1-12-9-14(4-7-17(12)19)10-15-5-8-18-16(11-15)6-3-13(2)20-18/h4-5,7-9,11,13,20H,3,6,10H2,1-2H3. The smallest absolute Gasteiger partial charge is 0.126 e. The average molecular weight is 269 g/mol. The van der Waals surface area contributed by atoms with E-state index >= 15 is 0 Å². The van der Waals surface area contributed by atoms with Crippen LogP contribution in [-0.4, -0.2) is 6.04 Å². The van der Waals surface area contributed by atoms with Crippen molar-refractivity contribution >= 4 is 5.69 Å². The Morgan fingerprint density at radius 3 is 2.70 bits per heavy atom. The summed E-state index contributed by atoms with van der Waals surface area (Å²) >= 11 is 0. The van der Waals surface area contributed by atoms with Crippen LogP contribution in [0, 0.1) is 12.7 Å². The van der Waals surface area contributed by atoms with Gasteiger partial charge in [-0.05, 0) is 67.5 Å². The summed E-state index contributed by atoms with van der Waals surface area (Å²) < 4.78 is 13.3. The van der Waals surface area contributed by atoms with Gasteiger partial charge in [-0.1, -0.05) is 24.3 Å². The molecular formula is C18H20FN. The van der Waals surface area contributed by atoms with E-state index in [9.17, 15) is 4.39 Å². The van der Waals surface area contributed by atoms with Crippen LogP contribution in [0.2, 0.25) is 0 Å². The second kappa shape index (κ2) is 5.28. The molecule has 1 nitrogen and oxygen atoms in total. The zero-order valence-corrected chi connectivity index (χ0v) is 12.0. The fraction of sp³-hybridized carbons (Fsp3) is 0.333. The number of rotatable bonds is 2. The molecule has 104 valence electrons. The number of aryl methyl sites for hydroxylation is 2. The molecule has 0 saturated carbocycles. The van der Waals surface area contributed by atoms with Crippen molar-refractivity contribution in [2.75, 3.05) is 5.32 Å². The van der Waals surface area contributed by atoms with Gasteiger partial charge < -0.3 is 5.32 Å². The molecule has 1 N–H and O–H groups in total. The minimum atomic E-state index is -0.127. The van der Waals surface area contributed by atoms with Gasteiger partial charge in [-0.3, -0.25) is 0 Å². The summed E-state index contributed by atoms with van der Waals surface area (Å²) in [6.07, 6.45) is 3.19. The SMILES string of the molecule is Cc1cc(Cc2ccc3c(c2)CCC(C)N3)ccc1F. The molecule has 1 unspecified atom stereocenters. The fourth-order valence-corrected chi connectivity index (χ4v) is 2.87.